The van der Waals surface area contributed by atoms with E-state index in [1.807, 2.05) is 6.07 Å². The summed E-state index contributed by atoms with van der Waals surface area (Å²) in [5.74, 6) is 0.158. The molecule has 2 aromatic carbocycles. The lowest BCUT2D eigenvalue weighted by atomic mass is 10.1. The third-order valence-corrected chi connectivity index (χ3v) is 3.76. The highest BCUT2D eigenvalue weighted by Gasteiger charge is 2.10. The van der Waals surface area contributed by atoms with Crippen LogP contribution in [0.1, 0.15) is 26.5 Å². The first-order chi connectivity index (χ1) is 13.1. The van der Waals surface area contributed by atoms with Crippen molar-refractivity contribution in [1.29, 1.82) is 0 Å². The molecule has 0 atom stereocenters. The van der Waals surface area contributed by atoms with E-state index in [2.05, 4.69) is 10.5 Å². The summed E-state index contributed by atoms with van der Waals surface area (Å²) in [5, 5.41) is 3.88. The Morgan fingerprint density at radius 2 is 1.93 bits per heavy atom. The minimum Gasteiger partial charge on any atom is -0.465 e. The lowest BCUT2D eigenvalue weighted by Crippen LogP contribution is -2.18. The number of methoxy groups -OCH3 is 1. The minimum atomic E-state index is -0.423. The van der Waals surface area contributed by atoms with Gasteiger partial charge in [-0.2, -0.15) is 5.10 Å². The molecule has 3 aromatic rings. The van der Waals surface area contributed by atoms with E-state index in [0.29, 0.717) is 28.3 Å². The van der Waals surface area contributed by atoms with Crippen LogP contribution in [0.5, 0.6) is 0 Å². The fraction of sp³-hybridized carbons (Fsp3) is 0.0500. The molecule has 0 spiro atoms. The Labute approximate surface area is 155 Å². The molecule has 136 valence electrons. The fourth-order valence-corrected chi connectivity index (χ4v) is 2.41. The van der Waals surface area contributed by atoms with Gasteiger partial charge in [-0.05, 0) is 36.4 Å². The maximum absolute atomic E-state index is 12.0. The summed E-state index contributed by atoms with van der Waals surface area (Å²) >= 11 is 0. The molecule has 0 aliphatic carbocycles. The molecule has 1 amide bonds. The highest BCUT2D eigenvalue weighted by Crippen LogP contribution is 2.23. The number of amides is 1. The van der Waals surface area contributed by atoms with Crippen molar-refractivity contribution in [2.45, 2.75) is 0 Å². The van der Waals surface area contributed by atoms with Gasteiger partial charge in [0, 0.05) is 11.3 Å². The number of para-hydroxylation sites is 1. The van der Waals surface area contributed by atoms with Crippen molar-refractivity contribution >= 4 is 23.8 Å². The van der Waals surface area contributed by atoms with Crippen molar-refractivity contribution in [3.63, 3.8) is 0 Å². The lowest BCUT2D eigenvalue weighted by molar-refractivity contribution is 0.0600. The van der Waals surface area contributed by atoms with Crippen LogP contribution in [0.25, 0.3) is 11.3 Å². The van der Waals surface area contributed by atoms with E-state index in [-0.39, 0.29) is 0 Å². The minimum absolute atomic E-state index is 0.342. The molecule has 3 rings (SSSR count). The smallest absolute Gasteiger partial charge is 0.337 e. The summed E-state index contributed by atoms with van der Waals surface area (Å²) in [6.07, 6.45) is 1.38. The van der Waals surface area contributed by atoms with E-state index in [9.17, 15) is 9.59 Å². The van der Waals surface area contributed by atoms with E-state index >= 15 is 0 Å². The molecule has 27 heavy (non-hydrogen) atoms. The van der Waals surface area contributed by atoms with Gasteiger partial charge in [0.15, 0.2) is 0 Å². The largest absolute Gasteiger partial charge is 0.465 e. The summed E-state index contributed by atoms with van der Waals surface area (Å²) in [6, 6.07) is 17.0. The zero-order valence-corrected chi connectivity index (χ0v) is 14.5. The highest BCUT2D eigenvalue weighted by atomic mass is 16.5. The summed E-state index contributed by atoms with van der Waals surface area (Å²) in [6.45, 7) is 0. The van der Waals surface area contributed by atoms with Crippen LogP contribution in [-0.2, 0) is 4.74 Å². The molecule has 7 heteroatoms. The number of nitrogens with zero attached hydrogens (tertiary/aromatic N) is 1. The Balaban J connectivity index is 1.69. The Hall–Kier alpha value is -3.87. The molecule has 1 heterocycles. The Morgan fingerprint density at radius 3 is 2.70 bits per heavy atom. The number of furan rings is 1. The predicted molar refractivity (Wildman–Crippen MR) is 101 cm³/mol. The first-order valence-corrected chi connectivity index (χ1v) is 8.05. The van der Waals surface area contributed by atoms with Crippen molar-refractivity contribution in [3.05, 3.63) is 77.6 Å². The molecule has 7 nitrogen and oxygen atoms in total. The van der Waals surface area contributed by atoms with Gasteiger partial charge in [-0.1, -0.05) is 24.3 Å². The molecular formula is C20H17N3O4. The number of benzene rings is 2. The Kier molecular flexibility index (Phi) is 5.32. The van der Waals surface area contributed by atoms with Gasteiger partial charge >= 0.3 is 5.97 Å². The monoisotopic (exact) mass is 363 g/mol. The molecule has 0 saturated heterocycles. The van der Waals surface area contributed by atoms with Crippen LogP contribution in [0.2, 0.25) is 0 Å². The van der Waals surface area contributed by atoms with E-state index in [4.69, 9.17) is 14.9 Å². The standard InChI is InChI=1S/C20H17N3O4/c1-26-20(25)14-6-4-5-13(11-14)18-10-9-15(27-18)12-22-23-19(24)16-7-2-3-8-17(16)21/h2-12H,21H2,1H3,(H,23,24)/b22-12-. The molecule has 0 unspecified atom stereocenters. The van der Waals surface area contributed by atoms with Crippen molar-refractivity contribution in [3.8, 4) is 11.3 Å². The summed E-state index contributed by atoms with van der Waals surface area (Å²) in [4.78, 5) is 23.7. The van der Waals surface area contributed by atoms with E-state index in [1.54, 1.807) is 54.6 Å². The number of hydrogen-bond acceptors (Lipinski definition) is 6. The second-order valence-corrected chi connectivity index (χ2v) is 5.56. The Morgan fingerprint density at radius 1 is 1.11 bits per heavy atom. The third kappa shape index (κ3) is 4.21. The molecule has 0 aliphatic rings. The van der Waals surface area contributed by atoms with Crippen LogP contribution < -0.4 is 11.2 Å². The van der Waals surface area contributed by atoms with Crippen LogP contribution in [0.3, 0.4) is 0 Å². The molecule has 0 aliphatic heterocycles. The first-order valence-electron chi connectivity index (χ1n) is 8.05. The summed E-state index contributed by atoms with van der Waals surface area (Å²) in [5.41, 5.74) is 10.0. The van der Waals surface area contributed by atoms with Gasteiger partial charge in [0.05, 0.1) is 24.5 Å². The zero-order chi connectivity index (χ0) is 19.2. The average molecular weight is 363 g/mol. The lowest BCUT2D eigenvalue weighted by Gasteiger charge is -2.02. The fourth-order valence-electron chi connectivity index (χ4n) is 2.41. The van der Waals surface area contributed by atoms with Crippen molar-refractivity contribution in [2.75, 3.05) is 12.8 Å². The molecular weight excluding hydrogens is 346 g/mol. The number of rotatable bonds is 5. The number of hydrazone groups is 1. The average Bonchev–Trinajstić information content (AvgIpc) is 3.16. The van der Waals surface area contributed by atoms with Gasteiger partial charge in [0.2, 0.25) is 0 Å². The van der Waals surface area contributed by atoms with Gasteiger partial charge in [0.1, 0.15) is 11.5 Å². The number of nitrogens with two attached hydrogens (primary N) is 1. The maximum Gasteiger partial charge on any atom is 0.337 e. The number of carbonyl (C=O) groups excluding carboxylic acids is 2. The second kappa shape index (κ2) is 8.01. The Bertz CT molecular complexity index is 1010. The number of ether oxygens (including phenoxy) is 1. The SMILES string of the molecule is COC(=O)c1cccc(-c2ccc(/C=N\NC(=O)c3ccccc3N)o2)c1. The van der Waals surface area contributed by atoms with Crippen LogP contribution in [0, 0.1) is 0 Å². The van der Waals surface area contributed by atoms with Crippen LogP contribution in [0.4, 0.5) is 5.69 Å². The summed E-state index contributed by atoms with van der Waals surface area (Å²) in [7, 11) is 1.33. The van der Waals surface area contributed by atoms with Gasteiger partial charge in [-0.25, -0.2) is 10.2 Å². The number of hydrogen-bond donors (Lipinski definition) is 2. The second-order valence-electron chi connectivity index (χ2n) is 5.56. The number of esters is 1. The van der Waals surface area contributed by atoms with Gasteiger partial charge in [0.25, 0.3) is 5.91 Å². The molecule has 0 radical (unpaired) electrons. The number of nitrogen functional groups attached to an aromatic ring is 1. The highest BCUT2D eigenvalue weighted by molar-refractivity contribution is 5.99. The maximum atomic E-state index is 12.0. The van der Waals surface area contributed by atoms with E-state index in [0.717, 1.165) is 5.56 Å². The van der Waals surface area contributed by atoms with Gasteiger partial charge in [-0.15, -0.1) is 0 Å². The zero-order valence-electron chi connectivity index (χ0n) is 14.5. The van der Waals surface area contributed by atoms with Crippen molar-refractivity contribution < 1.29 is 18.7 Å². The number of carbonyl (C=O) groups is 2. The van der Waals surface area contributed by atoms with Gasteiger partial charge in [-0.3, -0.25) is 4.79 Å². The molecule has 3 N–H and O–H groups in total. The quantitative estimate of drug-likeness (QED) is 0.313. The van der Waals surface area contributed by atoms with Crippen molar-refractivity contribution in [2.24, 2.45) is 5.10 Å². The number of anilines is 1. The molecule has 1 aromatic heterocycles. The van der Waals surface area contributed by atoms with Crippen LogP contribution >= 0.6 is 0 Å². The molecule has 0 fully saturated rings. The molecule has 0 bridgehead atoms. The van der Waals surface area contributed by atoms with Crippen LogP contribution in [0.15, 0.2) is 70.2 Å². The third-order valence-electron chi connectivity index (χ3n) is 3.76. The summed E-state index contributed by atoms with van der Waals surface area (Å²) < 4.78 is 10.4. The first kappa shape index (κ1) is 17.9. The van der Waals surface area contributed by atoms with Crippen molar-refractivity contribution in [1.82, 2.24) is 5.43 Å². The van der Waals surface area contributed by atoms with Gasteiger partial charge < -0.3 is 14.9 Å². The topological polar surface area (TPSA) is 107 Å². The normalized spacial score (nSPS) is 10.7. The molecule has 0 saturated carbocycles. The van der Waals surface area contributed by atoms with E-state index in [1.165, 1.54) is 13.3 Å². The number of nitrogens with one attached hydrogen (secondary N) is 1. The van der Waals surface area contributed by atoms with Crippen LogP contribution in [-0.4, -0.2) is 25.2 Å². The van der Waals surface area contributed by atoms with E-state index < -0.39 is 11.9 Å². The predicted octanol–water partition coefficient (Wildman–Crippen LogP) is 3.08.